The second-order valence-corrected chi connectivity index (χ2v) is 4.46. The van der Waals surface area contributed by atoms with E-state index in [0.29, 0.717) is 16.9 Å². The number of nitrogens with zero attached hydrogens (tertiary/aromatic N) is 2. The van der Waals surface area contributed by atoms with E-state index in [0.717, 1.165) is 0 Å². The fourth-order valence-electron chi connectivity index (χ4n) is 1.79. The number of benzene rings is 1. The Morgan fingerprint density at radius 1 is 1.29 bits per heavy atom. The molecule has 7 heteroatoms. The predicted molar refractivity (Wildman–Crippen MR) is 73.8 cm³/mol. The van der Waals surface area contributed by atoms with E-state index in [1.54, 1.807) is 13.8 Å². The van der Waals surface area contributed by atoms with Gasteiger partial charge in [-0.3, -0.25) is 10.1 Å². The summed E-state index contributed by atoms with van der Waals surface area (Å²) in [5, 5.41) is 19.6. The summed E-state index contributed by atoms with van der Waals surface area (Å²) in [6, 6.07) is 5.80. The van der Waals surface area contributed by atoms with Crippen molar-refractivity contribution in [3.63, 3.8) is 0 Å². The number of aryl methyl sites for hydroxylation is 2. The Balaban J connectivity index is 2.28. The first-order valence-electron chi connectivity index (χ1n) is 6.01. The van der Waals surface area contributed by atoms with Crippen molar-refractivity contribution in [2.24, 2.45) is 0 Å². The largest absolute Gasteiger partial charge is 0.478 e. The van der Waals surface area contributed by atoms with E-state index in [4.69, 9.17) is 9.84 Å². The van der Waals surface area contributed by atoms with Crippen LogP contribution in [0.2, 0.25) is 0 Å². The van der Waals surface area contributed by atoms with Gasteiger partial charge >= 0.3 is 5.97 Å². The Bertz CT molecular complexity index is 727. The minimum Gasteiger partial charge on any atom is -0.478 e. The van der Waals surface area contributed by atoms with Gasteiger partial charge in [0.2, 0.25) is 5.88 Å². The lowest BCUT2D eigenvalue weighted by molar-refractivity contribution is -0.385. The summed E-state index contributed by atoms with van der Waals surface area (Å²) in [5.41, 5.74) is 1.11. The third-order valence-electron chi connectivity index (χ3n) is 2.86. The fourth-order valence-corrected chi connectivity index (χ4v) is 1.79. The molecule has 1 heterocycles. The molecule has 108 valence electrons. The highest BCUT2D eigenvalue weighted by atomic mass is 16.6. The Labute approximate surface area is 120 Å². The summed E-state index contributed by atoms with van der Waals surface area (Å²) in [6.45, 7) is 3.28. The zero-order valence-corrected chi connectivity index (χ0v) is 11.4. The molecule has 0 unspecified atom stereocenters. The number of nitro benzene ring substituents is 1. The van der Waals surface area contributed by atoms with E-state index in [-0.39, 0.29) is 17.1 Å². The summed E-state index contributed by atoms with van der Waals surface area (Å²) in [5.74, 6) is -0.409. The number of carboxylic acids is 1. The molecule has 0 aliphatic rings. The van der Waals surface area contributed by atoms with Gasteiger partial charge in [0.1, 0.15) is 5.75 Å². The summed E-state index contributed by atoms with van der Waals surface area (Å²) in [7, 11) is 0. The first kappa shape index (κ1) is 14.4. The molecule has 0 amide bonds. The van der Waals surface area contributed by atoms with Gasteiger partial charge in [0, 0.05) is 23.4 Å². The number of hydrogen-bond donors (Lipinski definition) is 1. The highest BCUT2D eigenvalue weighted by Gasteiger charge is 2.13. The third-order valence-corrected chi connectivity index (χ3v) is 2.86. The molecule has 0 radical (unpaired) electrons. The summed E-state index contributed by atoms with van der Waals surface area (Å²) >= 11 is 0. The lowest BCUT2D eigenvalue weighted by atomic mass is 10.2. The van der Waals surface area contributed by atoms with Crippen LogP contribution in [0.5, 0.6) is 11.6 Å². The van der Waals surface area contributed by atoms with Crippen LogP contribution in [0.4, 0.5) is 5.69 Å². The number of ether oxygens (including phenoxy) is 1. The van der Waals surface area contributed by atoms with Crippen molar-refractivity contribution in [2.45, 2.75) is 13.8 Å². The molecular formula is C14H12N2O5. The first-order valence-corrected chi connectivity index (χ1v) is 6.01. The van der Waals surface area contributed by atoms with Crippen LogP contribution in [-0.4, -0.2) is 21.0 Å². The van der Waals surface area contributed by atoms with E-state index in [1.807, 2.05) is 0 Å². The molecule has 0 aliphatic heterocycles. The maximum Gasteiger partial charge on any atom is 0.337 e. The van der Waals surface area contributed by atoms with Crippen molar-refractivity contribution in [1.82, 2.24) is 4.98 Å². The van der Waals surface area contributed by atoms with Crippen LogP contribution >= 0.6 is 0 Å². The molecule has 7 nitrogen and oxygen atoms in total. The van der Waals surface area contributed by atoms with Crippen molar-refractivity contribution in [2.75, 3.05) is 0 Å². The minimum absolute atomic E-state index is 0.00764. The molecule has 1 aromatic heterocycles. The number of hydrogen-bond acceptors (Lipinski definition) is 5. The number of pyridine rings is 1. The molecule has 1 N–H and O–H groups in total. The molecule has 0 fully saturated rings. The van der Waals surface area contributed by atoms with Gasteiger partial charge in [-0.2, -0.15) is 0 Å². The average molecular weight is 288 g/mol. The Hall–Kier alpha value is -2.96. The molecular weight excluding hydrogens is 276 g/mol. The number of aromatic carboxylic acids is 1. The lowest BCUT2D eigenvalue weighted by Crippen LogP contribution is -2.00. The molecule has 0 aliphatic carbocycles. The Morgan fingerprint density at radius 2 is 2.00 bits per heavy atom. The van der Waals surface area contributed by atoms with Gasteiger partial charge in [0.25, 0.3) is 5.69 Å². The van der Waals surface area contributed by atoms with Crippen molar-refractivity contribution < 1.29 is 19.6 Å². The third kappa shape index (κ3) is 3.14. The van der Waals surface area contributed by atoms with Crippen molar-refractivity contribution in [3.05, 3.63) is 57.3 Å². The molecule has 21 heavy (non-hydrogen) atoms. The molecule has 2 aromatic rings. The smallest absolute Gasteiger partial charge is 0.337 e. The molecule has 0 saturated carbocycles. The molecule has 0 bridgehead atoms. The quantitative estimate of drug-likeness (QED) is 0.685. The minimum atomic E-state index is -1.07. The average Bonchev–Trinajstić information content (AvgIpc) is 2.40. The van der Waals surface area contributed by atoms with Gasteiger partial charge in [-0.15, -0.1) is 0 Å². The van der Waals surface area contributed by atoms with Crippen LogP contribution in [0.1, 0.15) is 21.5 Å². The van der Waals surface area contributed by atoms with Gasteiger partial charge < -0.3 is 9.84 Å². The summed E-state index contributed by atoms with van der Waals surface area (Å²) < 4.78 is 5.53. The monoisotopic (exact) mass is 288 g/mol. The predicted octanol–water partition coefficient (Wildman–Crippen LogP) is 3.10. The number of rotatable bonds is 4. The van der Waals surface area contributed by atoms with Crippen molar-refractivity contribution >= 4 is 11.7 Å². The lowest BCUT2D eigenvalue weighted by Gasteiger charge is -2.08. The van der Waals surface area contributed by atoms with Crippen LogP contribution in [0.3, 0.4) is 0 Å². The molecule has 0 atom stereocenters. The van der Waals surface area contributed by atoms with E-state index in [1.165, 1.54) is 30.5 Å². The zero-order valence-electron chi connectivity index (χ0n) is 11.4. The molecule has 1 aromatic carbocycles. The normalized spacial score (nSPS) is 10.2. The van der Waals surface area contributed by atoms with Crippen molar-refractivity contribution in [1.29, 1.82) is 0 Å². The maximum absolute atomic E-state index is 10.8. The highest BCUT2D eigenvalue weighted by molar-refractivity contribution is 5.87. The standard InChI is InChI=1S/C14H12N2O5/c1-8-6-11(3-4-12(8)16(19)20)21-13-9(2)5-10(7-15-13)14(17)18/h3-7H,1-2H3,(H,17,18). The summed E-state index contributed by atoms with van der Waals surface area (Å²) in [4.78, 5) is 25.0. The van der Waals surface area contributed by atoms with E-state index in [9.17, 15) is 14.9 Å². The second-order valence-electron chi connectivity index (χ2n) is 4.46. The Kier molecular flexibility index (Phi) is 3.84. The summed E-state index contributed by atoms with van der Waals surface area (Å²) in [6.07, 6.45) is 1.20. The van der Waals surface area contributed by atoms with Crippen LogP contribution in [0.15, 0.2) is 30.5 Å². The van der Waals surface area contributed by atoms with Crippen molar-refractivity contribution in [3.8, 4) is 11.6 Å². The van der Waals surface area contributed by atoms with Gasteiger partial charge in [0.15, 0.2) is 0 Å². The number of carboxylic acid groups (broad SMARTS) is 1. The second kappa shape index (κ2) is 5.58. The number of carbonyl (C=O) groups is 1. The van der Waals surface area contributed by atoms with Crippen LogP contribution in [0, 0.1) is 24.0 Å². The maximum atomic E-state index is 10.8. The number of aromatic nitrogens is 1. The van der Waals surface area contributed by atoms with E-state index in [2.05, 4.69) is 4.98 Å². The Morgan fingerprint density at radius 3 is 2.52 bits per heavy atom. The van der Waals surface area contributed by atoms with Gasteiger partial charge in [0.05, 0.1) is 10.5 Å². The van der Waals surface area contributed by atoms with E-state index >= 15 is 0 Å². The van der Waals surface area contributed by atoms with Gasteiger partial charge in [-0.05, 0) is 32.0 Å². The zero-order chi connectivity index (χ0) is 15.6. The molecule has 0 spiro atoms. The SMILES string of the molecule is Cc1cc(Oc2ncc(C(=O)O)cc2C)ccc1[N+](=O)[O-]. The first-order chi connectivity index (χ1) is 9.88. The topological polar surface area (TPSA) is 103 Å². The molecule has 0 saturated heterocycles. The van der Waals surface area contributed by atoms with E-state index < -0.39 is 10.9 Å². The van der Waals surface area contributed by atoms with Gasteiger partial charge in [-0.1, -0.05) is 0 Å². The fraction of sp³-hybridized carbons (Fsp3) is 0.143. The molecule has 2 rings (SSSR count). The van der Waals surface area contributed by atoms with Crippen LogP contribution in [0.25, 0.3) is 0 Å². The highest BCUT2D eigenvalue weighted by Crippen LogP contribution is 2.27. The number of nitro groups is 1. The van der Waals surface area contributed by atoms with Gasteiger partial charge in [-0.25, -0.2) is 9.78 Å². The van der Waals surface area contributed by atoms with Crippen LogP contribution in [-0.2, 0) is 0 Å². The van der Waals surface area contributed by atoms with Crippen LogP contribution < -0.4 is 4.74 Å².